The molecule has 1 aromatic rings. The van der Waals surface area contributed by atoms with E-state index < -0.39 is 5.54 Å². The molecule has 1 aromatic carbocycles. The largest absolute Gasteiger partial charge is 0.338 e. The maximum Gasteiger partial charge on any atom is 0.221 e. The molecule has 0 heterocycles. The molecule has 5 heteroatoms. The van der Waals surface area contributed by atoms with Crippen LogP contribution in [0.4, 0.5) is 0 Å². The Morgan fingerprint density at radius 1 is 1.56 bits per heavy atom. The number of hydrogen-bond donors (Lipinski definition) is 1. The molecule has 1 fully saturated rings. The number of carbonyl (C=O) groups excluding carboxylic acids is 1. The van der Waals surface area contributed by atoms with Crippen molar-refractivity contribution in [3.8, 4) is 6.07 Å². The molecule has 0 aliphatic heterocycles. The molecule has 0 radical (unpaired) electrons. The van der Waals surface area contributed by atoms with Gasteiger partial charge in [-0.3, -0.25) is 4.79 Å². The number of nitrogens with one attached hydrogen (secondary N) is 1. The van der Waals surface area contributed by atoms with Crippen LogP contribution in [0.3, 0.4) is 0 Å². The van der Waals surface area contributed by atoms with Crippen LogP contribution in [-0.4, -0.2) is 11.4 Å². The summed E-state index contributed by atoms with van der Waals surface area (Å²) in [6, 6.07) is 7.65. The van der Waals surface area contributed by atoms with Crippen LogP contribution in [-0.2, 0) is 11.2 Å². The zero-order valence-corrected chi connectivity index (χ0v) is 12.0. The highest BCUT2D eigenvalue weighted by molar-refractivity contribution is 9.10. The van der Waals surface area contributed by atoms with E-state index in [0.717, 1.165) is 22.9 Å². The number of benzene rings is 1. The Bertz CT molecular complexity index is 520. The number of amides is 1. The number of carbonyl (C=O) groups is 1. The molecule has 18 heavy (non-hydrogen) atoms. The maximum atomic E-state index is 11.7. The van der Waals surface area contributed by atoms with Gasteiger partial charge in [0.25, 0.3) is 0 Å². The van der Waals surface area contributed by atoms with Gasteiger partial charge in [-0.2, -0.15) is 5.26 Å². The van der Waals surface area contributed by atoms with Gasteiger partial charge >= 0.3 is 0 Å². The molecule has 0 aromatic heterocycles. The van der Waals surface area contributed by atoms with E-state index in [1.165, 1.54) is 0 Å². The average molecular weight is 328 g/mol. The fourth-order valence-corrected chi connectivity index (χ4v) is 2.34. The van der Waals surface area contributed by atoms with Gasteiger partial charge < -0.3 is 5.32 Å². The Hall–Kier alpha value is -1.05. The fourth-order valence-electron chi connectivity index (χ4n) is 1.70. The Morgan fingerprint density at radius 2 is 2.28 bits per heavy atom. The molecule has 1 saturated carbocycles. The number of halogens is 2. The third kappa shape index (κ3) is 3.24. The van der Waals surface area contributed by atoms with Crippen molar-refractivity contribution in [1.82, 2.24) is 5.32 Å². The summed E-state index contributed by atoms with van der Waals surface area (Å²) in [6.07, 6.45) is 2.49. The first-order chi connectivity index (χ1) is 8.54. The summed E-state index contributed by atoms with van der Waals surface area (Å²) in [5.74, 6) is -0.0825. The van der Waals surface area contributed by atoms with Gasteiger partial charge in [-0.05, 0) is 43.0 Å². The smallest absolute Gasteiger partial charge is 0.221 e. The number of nitriles is 1. The van der Waals surface area contributed by atoms with Gasteiger partial charge in [0.2, 0.25) is 5.91 Å². The Labute approximate surface area is 119 Å². The van der Waals surface area contributed by atoms with Crippen molar-refractivity contribution in [2.24, 2.45) is 0 Å². The summed E-state index contributed by atoms with van der Waals surface area (Å²) < 4.78 is 0.945. The van der Waals surface area contributed by atoms with Crippen LogP contribution in [0.5, 0.6) is 0 Å². The third-order valence-electron chi connectivity index (χ3n) is 2.97. The van der Waals surface area contributed by atoms with Gasteiger partial charge in [-0.25, -0.2) is 0 Å². The highest BCUT2D eigenvalue weighted by Gasteiger charge is 2.44. The van der Waals surface area contributed by atoms with Crippen molar-refractivity contribution in [3.05, 3.63) is 33.3 Å². The first-order valence-corrected chi connectivity index (χ1v) is 6.88. The lowest BCUT2D eigenvalue weighted by Crippen LogP contribution is -2.35. The van der Waals surface area contributed by atoms with E-state index in [9.17, 15) is 4.79 Å². The number of aryl methyl sites for hydroxylation is 1. The summed E-state index contributed by atoms with van der Waals surface area (Å²) in [7, 11) is 0. The zero-order valence-electron chi connectivity index (χ0n) is 9.67. The molecule has 0 bridgehead atoms. The molecule has 0 atom stereocenters. The average Bonchev–Trinajstić information content (AvgIpc) is 3.11. The van der Waals surface area contributed by atoms with Crippen molar-refractivity contribution in [3.63, 3.8) is 0 Å². The summed E-state index contributed by atoms with van der Waals surface area (Å²) >= 11 is 9.33. The van der Waals surface area contributed by atoms with Gasteiger partial charge in [0.15, 0.2) is 0 Å². The second-order valence-corrected chi connectivity index (χ2v) is 5.77. The SMILES string of the molecule is N#CC1(NC(=O)CCc2cc(Cl)ccc2Br)CC1. The number of nitrogens with zero attached hydrogens (tertiary/aromatic N) is 1. The maximum absolute atomic E-state index is 11.7. The predicted molar refractivity (Wildman–Crippen MR) is 73.2 cm³/mol. The van der Waals surface area contributed by atoms with Crippen LogP contribution in [0.1, 0.15) is 24.8 Å². The molecule has 0 unspecified atom stereocenters. The first-order valence-electron chi connectivity index (χ1n) is 5.71. The van der Waals surface area contributed by atoms with Gasteiger partial charge in [0.1, 0.15) is 5.54 Å². The van der Waals surface area contributed by atoms with Crippen LogP contribution in [0, 0.1) is 11.3 Å². The van der Waals surface area contributed by atoms with E-state index in [-0.39, 0.29) is 5.91 Å². The lowest BCUT2D eigenvalue weighted by Gasteiger charge is -2.09. The molecule has 1 aliphatic rings. The quantitative estimate of drug-likeness (QED) is 0.923. The van der Waals surface area contributed by atoms with Crippen LogP contribution in [0.25, 0.3) is 0 Å². The van der Waals surface area contributed by atoms with E-state index in [0.29, 0.717) is 17.9 Å². The molecular formula is C13H12BrClN2O. The van der Waals surface area contributed by atoms with Crippen molar-refractivity contribution in [2.45, 2.75) is 31.2 Å². The molecule has 2 rings (SSSR count). The van der Waals surface area contributed by atoms with E-state index in [1.54, 1.807) is 6.07 Å². The highest BCUT2D eigenvalue weighted by atomic mass is 79.9. The summed E-state index contributed by atoms with van der Waals surface area (Å²) in [6.45, 7) is 0. The first kappa shape index (κ1) is 13.4. The minimum absolute atomic E-state index is 0.0825. The van der Waals surface area contributed by atoms with Gasteiger partial charge in [-0.15, -0.1) is 0 Å². The second kappa shape index (κ2) is 5.29. The van der Waals surface area contributed by atoms with Crippen molar-refractivity contribution in [2.75, 3.05) is 0 Å². The molecule has 1 N–H and O–H groups in total. The van der Waals surface area contributed by atoms with Crippen LogP contribution in [0.15, 0.2) is 22.7 Å². The normalized spacial score (nSPS) is 15.8. The predicted octanol–water partition coefficient (Wildman–Crippen LogP) is 3.21. The standard InChI is InChI=1S/C13H12BrClN2O/c14-11-3-2-10(15)7-9(11)1-4-12(18)17-13(8-16)5-6-13/h2-3,7H,1,4-6H2,(H,17,18). The van der Waals surface area contributed by atoms with E-state index in [1.807, 2.05) is 12.1 Å². The number of hydrogen-bond acceptors (Lipinski definition) is 2. The second-order valence-electron chi connectivity index (χ2n) is 4.48. The number of rotatable bonds is 4. The molecule has 0 spiro atoms. The summed E-state index contributed by atoms with van der Waals surface area (Å²) in [5, 5.41) is 12.3. The summed E-state index contributed by atoms with van der Waals surface area (Å²) in [4.78, 5) is 11.7. The Kier molecular flexibility index (Phi) is 3.94. The van der Waals surface area contributed by atoms with Crippen molar-refractivity contribution < 1.29 is 4.79 Å². The molecule has 1 amide bonds. The van der Waals surface area contributed by atoms with E-state index in [2.05, 4.69) is 27.3 Å². The lowest BCUT2D eigenvalue weighted by molar-refractivity contribution is -0.121. The monoisotopic (exact) mass is 326 g/mol. The van der Waals surface area contributed by atoms with Crippen LogP contribution < -0.4 is 5.32 Å². The Morgan fingerprint density at radius 3 is 2.89 bits per heavy atom. The molecule has 1 aliphatic carbocycles. The topological polar surface area (TPSA) is 52.9 Å². The molecule has 94 valence electrons. The zero-order chi connectivity index (χ0) is 13.2. The van der Waals surface area contributed by atoms with E-state index in [4.69, 9.17) is 16.9 Å². The lowest BCUT2D eigenvalue weighted by atomic mass is 10.1. The van der Waals surface area contributed by atoms with Crippen molar-refractivity contribution >= 4 is 33.4 Å². The Balaban J connectivity index is 1.90. The minimum atomic E-state index is -0.581. The molecular weight excluding hydrogens is 316 g/mol. The van der Waals surface area contributed by atoms with Gasteiger partial charge in [0, 0.05) is 15.9 Å². The minimum Gasteiger partial charge on any atom is -0.338 e. The molecule has 0 saturated heterocycles. The van der Waals surface area contributed by atoms with Crippen LogP contribution in [0.2, 0.25) is 5.02 Å². The van der Waals surface area contributed by atoms with Crippen LogP contribution >= 0.6 is 27.5 Å². The van der Waals surface area contributed by atoms with Gasteiger partial charge in [-0.1, -0.05) is 27.5 Å². The molecule has 3 nitrogen and oxygen atoms in total. The van der Waals surface area contributed by atoms with Gasteiger partial charge in [0.05, 0.1) is 6.07 Å². The van der Waals surface area contributed by atoms with Crippen molar-refractivity contribution in [1.29, 1.82) is 5.26 Å². The highest BCUT2D eigenvalue weighted by Crippen LogP contribution is 2.34. The third-order valence-corrected chi connectivity index (χ3v) is 3.98. The summed E-state index contributed by atoms with van der Waals surface area (Å²) in [5.41, 5.74) is 0.419. The van der Waals surface area contributed by atoms with E-state index >= 15 is 0 Å². The fraction of sp³-hybridized carbons (Fsp3) is 0.385.